The molecule has 2 heteroatoms. The lowest BCUT2D eigenvalue weighted by molar-refractivity contribution is 0.799. The van der Waals surface area contributed by atoms with E-state index in [2.05, 4.69) is 101 Å². The Balaban J connectivity index is 2.17. The third-order valence-corrected chi connectivity index (χ3v) is 9.95. The summed E-state index contributed by atoms with van der Waals surface area (Å²) in [5, 5.41) is 10.4. The molecule has 4 aromatic carbocycles. The molecule has 0 atom stereocenters. The maximum absolute atomic E-state index is 3.67. The van der Waals surface area contributed by atoms with Crippen LogP contribution in [0.1, 0.15) is 56.2 Å². The van der Waals surface area contributed by atoms with Gasteiger partial charge in [0.2, 0.25) is 0 Å². The van der Waals surface area contributed by atoms with E-state index in [1.807, 2.05) is 0 Å². The van der Waals surface area contributed by atoms with E-state index in [4.69, 9.17) is 0 Å². The van der Waals surface area contributed by atoms with Gasteiger partial charge >= 0.3 is 0 Å². The summed E-state index contributed by atoms with van der Waals surface area (Å²) >= 11 is 0. The van der Waals surface area contributed by atoms with E-state index in [0.29, 0.717) is 0 Å². The topological polar surface area (TPSA) is 0 Å². The molecule has 0 aliphatic heterocycles. The lowest BCUT2D eigenvalue weighted by Crippen LogP contribution is -2.38. The minimum Gasteiger partial charge on any atom is -0.127 e. The van der Waals surface area contributed by atoms with Crippen LogP contribution in [0.4, 0.5) is 0 Å². The van der Waals surface area contributed by atoms with Crippen molar-refractivity contribution in [3.63, 3.8) is 0 Å². The summed E-state index contributed by atoms with van der Waals surface area (Å²) in [7, 11) is -2.97. The van der Waals surface area contributed by atoms with E-state index < -0.39 is 16.1 Å². The van der Waals surface area contributed by atoms with Crippen LogP contribution in [0.5, 0.6) is 0 Å². The summed E-state index contributed by atoms with van der Waals surface area (Å²) in [6.07, 6.45) is 7.25. The molecule has 0 nitrogen and oxygen atoms in total. The molecule has 0 fully saturated rings. The van der Waals surface area contributed by atoms with Gasteiger partial charge in [0, 0.05) is 5.56 Å². The zero-order valence-electron chi connectivity index (χ0n) is 22.7. The van der Waals surface area contributed by atoms with Crippen molar-refractivity contribution in [2.24, 2.45) is 0 Å². The van der Waals surface area contributed by atoms with E-state index in [0.717, 1.165) is 6.42 Å². The molecular weight excluding hydrogens is 441 g/mol. The van der Waals surface area contributed by atoms with Crippen LogP contribution in [-0.4, -0.2) is 16.1 Å². The average molecular weight is 483 g/mol. The number of rotatable bonds is 7. The standard InChI is InChI=1S/C32H42Si2/c1-9-11-13-23-21-25(19-20-33(3,4)5)28-16-15-27-24(14-12-10-2)22-30(34(6,7)8)29-18-17-26(23)31(28)32(27)29/h15-18,21-22H,9-14H2,1-8H3. The monoisotopic (exact) mass is 482 g/mol. The minimum atomic E-state index is -1.51. The lowest BCUT2D eigenvalue weighted by atomic mass is 9.86. The molecule has 0 amide bonds. The van der Waals surface area contributed by atoms with Crippen molar-refractivity contribution in [3.8, 4) is 11.5 Å². The van der Waals surface area contributed by atoms with Crippen molar-refractivity contribution >= 4 is 53.7 Å². The van der Waals surface area contributed by atoms with Crippen LogP contribution in [0.2, 0.25) is 39.3 Å². The molecular formula is C32H42Si2. The number of benzene rings is 4. The van der Waals surface area contributed by atoms with Crippen molar-refractivity contribution in [1.82, 2.24) is 0 Å². The Hall–Kier alpha value is -2.09. The number of unbranched alkanes of at least 4 members (excludes halogenated alkanes) is 2. The molecule has 0 spiro atoms. The fourth-order valence-electron chi connectivity index (χ4n) is 5.27. The number of hydrogen-bond acceptors (Lipinski definition) is 0. The summed E-state index contributed by atoms with van der Waals surface area (Å²) in [6, 6.07) is 14.7. The first-order valence-corrected chi connectivity index (χ1v) is 20.3. The van der Waals surface area contributed by atoms with Crippen molar-refractivity contribution in [2.75, 3.05) is 0 Å². The minimum absolute atomic E-state index is 1.13. The maximum Gasteiger partial charge on any atom is 0.129 e. The molecule has 0 heterocycles. The van der Waals surface area contributed by atoms with Crippen LogP contribution in [0.3, 0.4) is 0 Å². The molecule has 0 saturated heterocycles. The van der Waals surface area contributed by atoms with Crippen LogP contribution in [0, 0.1) is 11.5 Å². The van der Waals surface area contributed by atoms with Gasteiger partial charge in [0.15, 0.2) is 0 Å². The van der Waals surface area contributed by atoms with Crippen LogP contribution in [-0.2, 0) is 12.8 Å². The van der Waals surface area contributed by atoms with E-state index in [1.54, 1.807) is 10.8 Å². The Kier molecular flexibility index (Phi) is 7.00. The highest BCUT2D eigenvalue weighted by Crippen LogP contribution is 2.39. The second-order valence-corrected chi connectivity index (χ2v) is 22.0. The Labute approximate surface area is 209 Å². The SMILES string of the molecule is CCCCc1cc(C#C[Si](C)(C)C)c2ccc3c(CCCC)cc([Si](C)(C)C)c4ccc1c2c34. The smallest absolute Gasteiger partial charge is 0.127 e. The predicted molar refractivity (Wildman–Crippen MR) is 161 cm³/mol. The second-order valence-electron chi connectivity index (χ2n) is 12.2. The molecule has 0 aliphatic rings. The molecule has 34 heavy (non-hydrogen) atoms. The molecule has 4 aromatic rings. The van der Waals surface area contributed by atoms with Crippen LogP contribution in [0.25, 0.3) is 32.3 Å². The summed E-state index contributed by atoms with van der Waals surface area (Å²) in [4.78, 5) is 0. The van der Waals surface area contributed by atoms with E-state index >= 15 is 0 Å². The van der Waals surface area contributed by atoms with Gasteiger partial charge in [0.25, 0.3) is 0 Å². The number of aryl methyl sites for hydroxylation is 2. The molecule has 0 saturated carbocycles. The fraction of sp³-hybridized carbons (Fsp3) is 0.438. The first-order valence-electron chi connectivity index (χ1n) is 13.3. The van der Waals surface area contributed by atoms with Crippen molar-refractivity contribution < 1.29 is 0 Å². The quantitative estimate of drug-likeness (QED) is 0.140. The van der Waals surface area contributed by atoms with Gasteiger partial charge in [-0.1, -0.05) is 107 Å². The zero-order valence-corrected chi connectivity index (χ0v) is 24.7. The Morgan fingerprint density at radius 3 is 1.68 bits per heavy atom. The highest BCUT2D eigenvalue weighted by Gasteiger charge is 2.24. The largest absolute Gasteiger partial charge is 0.129 e. The van der Waals surface area contributed by atoms with Crippen molar-refractivity contribution in [1.29, 1.82) is 0 Å². The molecule has 4 rings (SSSR count). The molecule has 0 bridgehead atoms. The maximum atomic E-state index is 3.67. The molecule has 0 N–H and O–H groups in total. The van der Waals surface area contributed by atoms with Crippen LogP contribution >= 0.6 is 0 Å². The van der Waals surface area contributed by atoms with Gasteiger partial charge in [-0.3, -0.25) is 0 Å². The Morgan fingerprint density at radius 1 is 0.647 bits per heavy atom. The van der Waals surface area contributed by atoms with E-state index in [9.17, 15) is 0 Å². The molecule has 0 aliphatic carbocycles. The van der Waals surface area contributed by atoms with Gasteiger partial charge in [0.1, 0.15) is 8.07 Å². The van der Waals surface area contributed by atoms with Gasteiger partial charge in [-0.15, -0.1) is 5.54 Å². The second kappa shape index (κ2) is 9.52. The van der Waals surface area contributed by atoms with Gasteiger partial charge in [-0.05, 0) is 75.2 Å². The average Bonchev–Trinajstić information content (AvgIpc) is 2.77. The van der Waals surface area contributed by atoms with E-state index in [1.165, 1.54) is 75.5 Å². The Bertz CT molecular complexity index is 1380. The van der Waals surface area contributed by atoms with Gasteiger partial charge in [0.05, 0.1) is 8.07 Å². The highest BCUT2D eigenvalue weighted by atomic mass is 28.3. The molecule has 0 unspecified atom stereocenters. The number of hydrogen-bond donors (Lipinski definition) is 0. The highest BCUT2D eigenvalue weighted by molar-refractivity contribution is 6.90. The van der Waals surface area contributed by atoms with Gasteiger partial charge in [-0.2, -0.15) is 0 Å². The fourth-order valence-corrected chi connectivity index (χ4v) is 7.40. The summed E-state index contributed by atoms with van der Waals surface area (Å²) < 4.78 is 0. The zero-order chi connectivity index (χ0) is 24.7. The molecule has 0 radical (unpaired) electrons. The van der Waals surface area contributed by atoms with Crippen LogP contribution in [0.15, 0.2) is 36.4 Å². The van der Waals surface area contributed by atoms with Gasteiger partial charge < -0.3 is 0 Å². The third kappa shape index (κ3) is 4.84. The third-order valence-electron chi connectivity index (χ3n) is 7.05. The summed E-state index contributed by atoms with van der Waals surface area (Å²) in [5.74, 6) is 3.67. The summed E-state index contributed by atoms with van der Waals surface area (Å²) in [6.45, 7) is 19.1. The first kappa shape index (κ1) is 25.0. The van der Waals surface area contributed by atoms with Crippen LogP contribution < -0.4 is 5.19 Å². The lowest BCUT2D eigenvalue weighted by Gasteiger charge is -2.25. The predicted octanol–water partition coefficient (Wildman–Crippen LogP) is 9.04. The normalized spacial score (nSPS) is 12.6. The van der Waals surface area contributed by atoms with E-state index in [-0.39, 0.29) is 0 Å². The Morgan fingerprint density at radius 2 is 1.15 bits per heavy atom. The van der Waals surface area contributed by atoms with Crippen molar-refractivity contribution in [3.05, 3.63) is 53.1 Å². The molecule has 178 valence electrons. The first-order chi connectivity index (χ1) is 16.0. The van der Waals surface area contributed by atoms with Crippen molar-refractivity contribution in [2.45, 2.75) is 91.7 Å². The molecule has 0 aromatic heterocycles. The summed E-state index contributed by atoms with van der Waals surface area (Å²) in [5.41, 5.74) is 7.94. The van der Waals surface area contributed by atoms with Gasteiger partial charge in [-0.25, -0.2) is 0 Å².